The topological polar surface area (TPSA) is 131 Å². The van der Waals surface area contributed by atoms with Crippen molar-refractivity contribution in [1.82, 2.24) is 29.5 Å². The summed E-state index contributed by atoms with van der Waals surface area (Å²) in [6, 6.07) is 7.74. The van der Waals surface area contributed by atoms with Gasteiger partial charge in [-0.2, -0.15) is 5.10 Å². The van der Waals surface area contributed by atoms with E-state index in [1.807, 2.05) is 12.1 Å². The SMILES string of the molecule is CN1CCN([C@H]2CC[C@@H](n3nc(-c4ccc(NC(N)=O)cc4)c4c(N)ncnc43)CC2)CC1. The zero-order valence-corrected chi connectivity index (χ0v) is 18.9. The maximum absolute atomic E-state index is 11.1. The number of nitrogens with zero attached hydrogens (tertiary/aromatic N) is 6. The lowest BCUT2D eigenvalue weighted by atomic mass is 9.90. The van der Waals surface area contributed by atoms with Gasteiger partial charge in [0.2, 0.25) is 0 Å². The maximum atomic E-state index is 11.1. The summed E-state index contributed by atoms with van der Waals surface area (Å²) in [5, 5.41) is 8.34. The van der Waals surface area contributed by atoms with Gasteiger partial charge in [0.25, 0.3) is 0 Å². The van der Waals surface area contributed by atoms with Gasteiger partial charge in [0.1, 0.15) is 17.8 Å². The van der Waals surface area contributed by atoms with Crippen molar-refractivity contribution in [2.45, 2.75) is 37.8 Å². The monoisotopic (exact) mass is 449 g/mol. The second kappa shape index (κ2) is 8.95. The highest BCUT2D eigenvalue weighted by molar-refractivity contribution is 5.98. The van der Waals surface area contributed by atoms with Crippen LogP contribution in [0.15, 0.2) is 30.6 Å². The number of piperazine rings is 1. The first-order chi connectivity index (χ1) is 16.0. The van der Waals surface area contributed by atoms with Gasteiger partial charge in [-0.25, -0.2) is 19.4 Å². The highest BCUT2D eigenvalue weighted by Crippen LogP contribution is 2.37. The standard InChI is InChI=1S/C23H31N9O/c1-30-10-12-31(13-11-30)17-6-8-18(9-7-17)32-22-19(21(24)26-14-27-22)20(29-32)15-2-4-16(5-3-15)28-23(25)33/h2-5,14,17-18H,6-13H2,1H3,(H2,24,26,27)(H3,25,28,33)/t17-,18+. The molecule has 0 bridgehead atoms. The number of nitrogens with one attached hydrogen (secondary N) is 1. The number of nitrogen functional groups attached to an aromatic ring is 1. The first kappa shape index (κ1) is 21.6. The van der Waals surface area contributed by atoms with Gasteiger partial charge in [0.05, 0.1) is 11.4 Å². The molecule has 2 amide bonds. The zero-order chi connectivity index (χ0) is 22.9. The Morgan fingerprint density at radius 3 is 2.33 bits per heavy atom. The van der Waals surface area contributed by atoms with E-state index in [0.717, 1.165) is 61.3 Å². The van der Waals surface area contributed by atoms with E-state index in [9.17, 15) is 4.79 Å². The van der Waals surface area contributed by atoms with Gasteiger partial charge < -0.3 is 21.7 Å². The third-order valence-electron chi connectivity index (χ3n) is 7.01. The number of anilines is 2. The minimum absolute atomic E-state index is 0.287. The molecule has 0 spiro atoms. The molecule has 5 rings (SSSR count). The molecule has 0 radical (unpaired) electrons. The van der Waals surface area contributed by atoms with Gasteiger partial charge >= 0.3 is 6.03 Å². The van der Waals surface area contributed by atoms with Gasteiger partial charge in [-0.3, -0.25) is 4.90 Å². The molecular weight excluding hydrogens is 418 g/mol. The molecule has 10 heteroatoms. The van der Waals surface area contributed by atoms with Crippen LogP contribution in [-0.4, -0.2) is 74.8 Å². The molecule has 3 aromatic rings. The maximum Gasteiger partial charge on any atom is 0.316 e. The van der Waals surface area contributed by atoms with Crippen molar-refractivity contribution < 1.29 is 4.79 Å². The van der Waals surface area contributed by atoms with Crippen LogP contribution in [0.5, 0.6) is 0 Å². The Kier molecular flexibility index (Phi) is 5.86. The van der Waals surface area contributed by atoms with Crippen LogP contribution in [0.2, 0.25) is 0 Å². The largest absolute Gasteiger partial charge is 0.383 e. The Morgan fingerprint density at radius 2 is 1.67 bits per heavy atom. The lowest BCUT2D eigenvalue weighted by molar-refractivity contribution is 0.0815. The van der Waals surface area contributed by atoms with Crippen molar-refractivity contribution in [3.05, 3.63) is 30.6 Å². The van der Waals surface area contributed by atoms with Crippen LogP contribution in [-0.2, 0) is 0 Å². The second-order valence-corrected chi connectivity index (χ2v) is 9.12. The number of amides is 2. The molecule has 1 aliphatic heterocycles. The van der Waals surface area contributed by atoms with Gasteiger partial charge in [0.15, 0.2) is 5.65 Å². The molecule has 1 saturated carbocycles. The molecule has 1 aromatic carbocycles. The fraction of sp³-hybridized carbons (Fsp3) is 0.478. The number of nitrogens with two attached hydrogens (primary N) is 2. The summed E-state index contributed by atoms with van der Waals surface area (Å²) in [6.07, 6.45) is 5.98. The second-order valence-electron chi connectivity index (χ2n) is 9.12. The summed E-state index contributed by atoms with van der Waals surface area (Å²) in [4.78, 5) is 25.0. The summed E-state index contributed by atoms with van der Waals surface area (Å²) in [5.41, 5.74) is 14.5. The van der Waals surface area contributed by atoms with Crippen molar-refractivity contribution in [3.63, 3.8) is 0 Å². The molecule has 0 atom stereocenters. The average Bonchev–Trinajstić information content (AvgIpc) is 3.21. The van der Waals surface area contributed by atoms with Gasteiger partial charge in [0, 0.05) is 43.5 Å². The highest BCUT2D eigenvalue weighted by Gasteiger charge is 2.30. The Bertz CT molecular complexity index is 1130. The van der Waals surface area contributed by atoms with E-state index in [4.69, 9.17) is 16.6 Å². The van der Waals surface area contributed by atoms with E-state index >= 15 is 0 Å². The number of likely N-dealkylation sites (N-methyl/N-ethyl adjacent to an activating group) is 1. The van der Waals surface area contributed by atoms with E-state index in [0.29, 0.717) is 17.5 Å². The van der Waals surface area contributed by atoms with Crippen LogP contribution < -0.4 is 16.8 Å². The molecule has 33 heavy (non-hydrogen) atoms. The van der Waals surface area contributed by atoms with Gasteiger partial charge in [-0.15, -0.1) is 0 Å². The van der Waals surface area contributed by atoms with Gasteiger partial charge in [-0.05, 0) is 44.9 Å². The van der Waals surface area contributed by atoms with E-state index < -0.39 is 6.03 Å². The molecule has 3 heterocycles. The molecule has 0 unspecified atom stereocenters. The molecule has 2 aliphatic rings. The first-order valence-electron chi connectivity index (χ1n) is 11.6. The summed E-state index contributed by atoms with van der Waals surface area (Å²) in [5.74, 6) is 0.423. The van der Waals surface area contributed by atoms with Crippen LogP contribution in [0.3, 0.4) is 0 Å². The number of benzene rings is 1. The summed E-state index contributed by atoms with van der Waals surface area (Å²) in [6.45, 7) is 4.62. The number of primary amides is 1. The lowest BCUT2D eigenvalue weighted by Gasteiger charge is -2.41. The summed E-state index contributed by atoms with van der Waals surface area (Å²) in [7, 11) is 2.20. The van der Waals surface area contributed by atoms with E-state index in [2.05, 4.69) is 36.8 Å². The quantitative estimate of drug-likeness (QED) is 0.557. The number of carbonyl (C=O) groups is 1. The molecule has 1 aliphatic carbocycles. The Labute approximate surface area is 192 Å². The molecule has 10 nitrogen and oxygen atoms in total. The number of urea groups is 1. The lowest BCUT2D eigenvalue weighted by Crippen LogP contribution is -2.49. The van der Waals surface area contributed by atoms with E-state index in [1.54, 1.807) is 12.1 Å². The van der Waals surface area contributed by atoms with Crippen molar-refractivity contribution in [2.75, 3.05) is 44.3 Å². The molecule has 2 aromatic heterocycles. The van der Waals surface area contributed by atoms with Crippen LogP contribution >= 0.6 is 0 Å². The highest BCUT2D eigenvalue weighted by atomic mass is 16.2. The van der Waals surface area contributed by atoms with Crippen LogP contribution in [0.25, 0.3) is 22.3 Å². The van der Waals surface area contributed by atoms with Crippen LogP contribution in [0.4, 0.5) is 16.3 Å². The van der Waals surface area contributed by atoms with E-state index in [1.165, 1.54) is 19.2 Å². The van der Waals surface area contributed by atoms with Crippen molar-refractivity contribution in [1.29, 1.82) is 0 Å². The third-order valence-corrected chi connectivity index (χ3v) is 7.01. The third kappa shape index (κ3) is 4.36. The molecule has 5 N–H and O–H groups in total. The number of aromatic nitrogens is 4. The molecular formula is C23H31N9O. The smallest absolute Gasteiger partial charge is 0.316 e. The minimum Gasteiger partial charge on any atom is -0.383 e. The number of hydrogen-bond donors (Lipinski definition) is 3. The Balaban J connectivity index is 1.40. The number of rotatable bonds is 4. The average molecular weight is 450 g/mol. The van der Waals surface area contributed by atoms with Crippen LogP contribution in [0.1, 0.15) is 31.7 Å². The number of fused-ring (bicyclic) bond motifs is 1. The van der Waals surface area contributed by atoms with Crippen molar-refractivity contribution in [2.24, 2.45) is 5.73 Å². The predicted octanol–water partition coefficient (Wildman–Crippen LogP) is 2.30. The van der Waals surface area contributed by atoms with E-state index in [-0.39, 0.29) is 6.04 Å². The zero-order valence-electron chi connectivity index (χ0n) is 18.9. The first-order valence-corrected chi connectivity index (χ1v) is 11.6. The van der Waals surface area contributed by atoms with Crippen molar-refractivity contribution in [3.8, 4) is 11.3 Å². The number of hydrogen-bond acceptors (Lipinski definition) is 7. The minimum atomic E-state index is -0.595. The summed E-state index contributed by atoms with van der Waals surface area (Å²) < 4.78 is 2.05. The Morgan fingerprint density at radius 1 is 1.00 bits per heavy atom. The molecule has 174 valence electrons. The fourth-order valence-corrected chi connectivity index (χ4v) is 5.16. The fourth-order valence-electron chi connectivity index (χ4n) is 5.16. The molecule has 1 saturated heterocycles. The van der Waals surface area contributed by atoms with Crippen LogP contribution in [0, 0.1) is 0 Å². The summed E-state index contributed by atoms with van der Waals surface area (Å²) >= 11 is 0. The van der Waals surface area contributed by atoms with Gasteiger partial charge in [-0.1, -0.05) is 12.1 Å². The normalized spacial score (nSPS) is 22.5. The Hall–Kier alpha value is -3.24. The predicted molar refractivity (Wildman–Crippen MR) is 129 cm³/mol. The molecule has 2 fully saturated rings. The number of carbonyl (C=O) groups excluding carboxylic acids is 1. The van der Waals surface area contributed by atoms with Crippen molar-refractivity contribution >= 4 is 28.6 Å².